The first kappa shape index (κ1) is 17.1. The normalized spacial score (nSPS) is 16.9. The molecule has 7 heteroatoms. The van der Waals surface area contributed by atoms with E-state index in [0.29, 0.717) is 27.9 Å². The molecule has 1 heterocycles. The highest BCUT2D eigenvalue weighted by molar-refractivity contribution is 6.31. The molecule has 1 atom stereocenters. The summed E-state index contributed by atoms with van der Waals surface area (Å²) in [6.07, 6.45) is 0.0561. The van der Waals surface area contributed by atoms with E-state index < -0.39 is 6.04 Å². The van der Waals surface area contributed by atoms with Gasteiger partial charge in [0.15, 0.2) is 0 Å². The molecule has 0 aromatic heterocycles. The maximum absolute atomic E-state index is 12.7. The Balaban J connectivity index is 1.83. The van der Waals surface area contributed by atoms with Crippen LogP contribution in [-0.2, 0) is 9.59 Å². The van der Waals surface area contributed by atoms with Gasteiger partial charge < -0.3 is 14.8 Å². The van der Waals surface area contributed by atoms with Gasteiger partial charge in [-0.1, -0.05) is 17.7 Å². The third kappa shape index (κ3) is 3.39. The number of rotatable bonds is 5. The van der Waals surface area contributed by atoms with Gasteiger partial charge in [0.25, 0.3) is 5.91 Å². The van der Waals surface area contributed by atoms with E-state index in [9.17, 15) is 9.59 Å². The molecule has 1 fully saturated rings. The van der Waals surface area contributed by atoms with E-state index in [1.807, 2.05) is 0 Å². The van der Waals surface area contributed by atoms with Crippen LogP contribution in [0.5, 0.6) is 11.5 Å². The maximum Gasteiger partial charge on any atom is 0.256 e. The molecule has 2 amide bonds. The Kier molecular flexibility index (Phi) is 4.81. The molecule has 3 rings (SSSR count). The van der Waals surface area contributed by atoms with Crippen LogP contribution in [0.4, 0.5) is 11.4 Å². The Hall–Kier alpha value is -2.73. The number of nitrogens with one attached hydrogen (secondary N) is 1. The molecule has 1 saturated heterocycles. The second kappa shape index (κ2) is 7.03. The summed E-state index contributed by atoms with van der Waals surface area (Å²) in [6.45, 7) is 0. The zero-order valence-electron chi connectivity index (χ0n) is 13.8. The third-order valence-electron chi connectivity index (χ3n) is 3.95. The molecule has 6 nitrogen and oxygen atoms in total. The van der Waals surface area contributed by atoms with Gasteiger partial charge in [-0.3, -0.25) is 9.59 Å². The predicted molar refractivity (Wildman–Crippen MR) is 95.5 cm³/mol. The van der Waals surface area contributed by atoms with Gasteiger partial charge in [0, 0.05) is 11.1 Å². The van der Waals surface area contributed by atoms with Gasteiger partial charge in [-0.15, -0.1) is 0 Å². The van der Waals surface area contributed by atoms with Crippen molar-refractivity contribution in [1.29, 1.82) is 0 Å². The SMILES string of the molecule is COc1ccc(NC2CC(=O)N(c3cccc(Cl)c3)C2=O)c(OC)c1. The van der Waals surface area contributed by atoms with E-state index in [1.165, 1.54) is 7.11 Å². The summed E-state index contributed by atoms with van der Waals surface area (Å²) < 4.78 is 10.5. The fourth-order valence-electron chi connectivity index (χ4n) is 2.74. The van der Waals surface area contributed by atoms with E-state index in [2.05, 4.69) is 5.32 Å². The number of halogens is 1. The van der Waals surface area contributed by atoms with Crippen molar-refractivity contribution in [3.63, 3.8) is 0 Å². The molecule has 1 aliphatic heterocycles. The first-order valence-electron chi connectivity index (χ1n) is 7.64. The Bertz CT molecular complexity index is 824. The van der Waals surface area contributed by atoms with Crippen molar-refractivity contribution in [1.82, 2.24) is 0 Å². The molecule has 1 N–H and O–H groups in total. The van der Waals surface area contributed by atoms with Crippen molar-refractivity contribution >= 4 is 34.8 Å². The molecule has 2 aromatic rings. The Labute approximate surface area is 150 Å². The minimum absolute atomic E-state index is 0.0561. The lowest BCUT2D eigenvalue weighted by Crippen LogP contribution is -2.34. The highest BCUT2D eigenvalue weighted by Crippen LogP contribution is 2.32. The Morgan fingerprint density at radius 2 is 1.92 bits per heavy atom. The first-order valence-corrected chi connectivity index (χ1v) is 8.02. The largest absolute Gasteiger partial charge is 0.497 e. The Morgan fingerprint density at radius 3 is 2.60 bits per heavy atom. The van der Waals surface area contributed by atoms with E-state index in [-0.39, 0.29) is 18.2 Å². The maximum atomic E-state index is 12.7. The number of imide groups is 1. The van der Waals surface area contributed by atoms with Crippen LogP contribution in [0.1, 0.15) is 6.42 Å². The van der Waals surface area contributed by atoms with Crippen molar-refractivity contribution in [2.75, 3.05) is 24.4 Å². The summed E-state index contributed by atoms with van der Waals surface area (Å²) in [5, 5.41) is 3.54. The van der Waals surface area contributed by atoms with Gasteiger partial charge in [0.2, 0.25) is 5.91 Å². The van der Waals surface area contributed by atoms with Crippen LogP contribution in [0.2, 0.25) is 5.02 Å². The topological polar surface area (TPSA) is 67.9 Å². The number of anilines is 2. The van der Waals surface area contributed by atoms with Gasteiger partial charge in [0.05, 0.1) is 32.0 Å². The van der Waals surface area contributed by atoms with Gasteiger partial charge in [-0.05, 0) is 30.3 Å². The fraction of sp³-hybridized carbons (Fsp3) is 0.222. The molecule has 1 unspecified atom stereocenters. The van der Waals surface area contributed by atoms with Crippen molar-refractivity contribution in [2.24, 2.45) is 0 Å². The standard InChI is InChI=1S/C18H17ClN2O4/c1-24-13-6-7-14(16(9-13)25-2)20-15-10-17(22)21(18(15)23)12-5-3-4-11(19)8-12/h3-9,15,20H,10H2,1-2H3. The van der Waals surface area contributed by atoms with Crippen LogP contribution in [0.3, 0.4) is 0 Å². The molecule has 0 aliphatic carbocycles. The summed E-state index contributed by atoms with van der Waals surface area (Å²) >= 11 is 5.96. The second-order valence-corrected chi connectivity index (χ2v) is 5.95. The monoisotopic (exact) mass is 360 g/mol. The summed E-state index contributed by atoms with van der Waals surface area (Å²) in [4.78, 5) is 26.2. The van der Waals surface area contributed by atoms with Gasteiger partial charge in [-0.2, -0.15) is 0 Å². The molecule has 0 spiro atoms. The van der Waals surface area contributed by atoms with Crippen molar-refractivity contribution in [2.45, 2.75) is 12.5 Å². The van der Waals surface area contributed by atoms with Gasteiger partial charge in [0.1, 0.15) is 17.5 Å². The Morgan fingerprint density at radius 1 is 1.12 bits per heavy atom. The summed E-state index contributed by atoms with van der Waals surface area (Å²) in [7, 11) is 3.09. The number of carbonyl (C=O) groups is 2. The highest BCUT2D eigenvalue weighted by atomic mass is 35.5. The quantitative estimate of drug-likeness (QED) is 0.830. The van der Waals surface area contributed by atoms with Crippen LogP contribution in [0.15, 0.2) is 42.5 Å². The number of carbonyl (C=O) groups excluding carboxylic acids is 2. The molecule has 130 valence electrons. The van der Waals surface area contributed by atoms with E-state index in [4.69, 9.17) is 21.1 Å². The second-order valence-electron chi connectivity index (χ2n) is 5.51. The summed E-state index contributed by atoms with van der Waals surface area (Å²) in [5.74, 6) is 0.556. The number of hydrogen-bond donors (Lipinski definition) is 1. The molecule has 25 heavy (non-hydrogen) atoms. The van der Waals surface area contributed by atoms with Crippen molar-refractivity contribution in [3.05, 3.63) is 47.5 Å². The molecule has 0 radical (unpaired) electrons. The van der Waals surface area contributed by atoms with E-state index in [0.717, 1.165) is 4.90 Å². The van der Waals surface area contributed by atoms with Crippen molar-refractivity contribution in [3.8, 4) is 11.5 Å². The molecule has 0 saturated carbocycles. The molecule has 1 aliphatic rings. The summed E-state index contributed by atoms with van der Waals surface area (Å²) in [5.41, 5.74) is 1.08. The minimum atomic E-state index is -0.672. The number of methoxy groups -OCH3 is 2. The first-order chi connectivity index (χ1) is 12.0. The third-order valence-corrected chi connectivity index (χ3v) is 4.19. The number of amides is 2. The number of ether oxygens (including phenoxy) is 2. The van der Waals surface area contributed by atoms with Crippen LogP contribution < -0.4 is 19.7 Å². The van der Waals surface area contributed by atoms with Gasteiger partial charge >= 0.3 is 0 Å². The number of benzene rings is 2. The van der Waals surface area contributed by atoms with Crippen LogP contribution in [0.25, 0.3) is 0 Å². The van der Waals surface area contributed by atoms with Crippen molar-refractivity contribution < 1.29 is 19.1 Å². The number of hydrogen-bond acceptors (Lipinski definition) is 5. The zero-order valence-corrected chi connectivity index (χ0v) is 14.5. The van der Waals surface area contributed by atoms with Crippen LogP contribution in [0, 0.1) is 0 Å². The fourth-order valence-corrected chi connectivity index (χ4v) is 2.92. The lowest BCUT2D eigenvalue weighted by Gasteiger charge is -2.18. The van der Waals surface area contributed by atoms with Gasteiger partial charge in [-0.25, -0.2) is 4.90 Å². The predicted octanol–water partition coefficient (Wildman–Crippen LogP) is 3.10. The van der Waals surface area contributed by atoms with E-state index in [1.54, 1.807) is 49.6 Å². The highest BCUT2D eigenvalue weighted by Gasteiger charge is 2.39. The lowest BCUT2D eigenvalue weighted by molar-refractivity contribution is -0.121. The molecule has 0 bridgehead atoms. The summed E-state index contributed by atoms with van der Waals surface area (Å²) in [6, 6.07) is 11.2. The average Bonchev–Trinajstić information content (AvgIpc) is 2.88. The minimum Gasteiger partial charge on any atom is -0.497 e. The average molecular weight is 361 g/mol. The molecular weight excluding hydrogens is 344 g/mol. The van der Waals surface area contributed by atoms with Crippen LogP contribution in [-0.4, -0.2) is 32.1 Å². The molecule has 2 aromatic carbocycles. The molecular formula is C18H17ClN2O4. The van der Waals surface area contributed by atoms with E-state index >= 15 is 0 Å². The van der Waals surface area contributed by atoms with Crippen LogP contribution >= 0.6 is 11.6 Å². The lowest BCUT2D eigenvalue weighted by atomic mass is 10.2. The zero-order chi connectivity index (χ0) is 18.0. The smallest absolute Gasteiger partial charge is 0.256 e. The number of nitrogens with zero attached hydrogens (tertiary/aromatic N) is 1.